The highest BCUT2D eigenvalue weighted by molar-refractivity contribution is 5.47. The minimum Gasteiger partial charge on any atom is -0.494 e. The summed E-state index contributed by atoms with van der Waals surface area (Å²) < 4.78 is 5.37. The van der Waals surface area contributed by atoms with Crippen LogP contribution in [-0.4, -0.2) is 23.9 Å². The molecule has 88 valence electrons. The molecule has 1 aromatic carbocycles. The van der Waals surface area contributed by atoms with Crippen LogP contribution in [0.2, 0.25) is 0 Å². The van der Waals surface area contributed by atoms with Crippen LogP contribution in [0.15, 0.2) is 24.3 Å². The third-order valence-electron chi connectivity index (χ3n) is 3.00. The van der Waals surface area contributed by atoms with Crippen LogP contribution in [-0.2, 0) is 0 Å². The number of aliphatic hydroxyl groups is 1. The maximum atomic E-state index is 9.70. The Morgan fingerprint density at radius 2 is 2.06 bits per heavy atom. The Balaban J connectivity index is 1.94. The van der Waals surface area contributed by atoms with Gasteiger partial charge in [0.05, 0.1) is 18.8 Å². The molecule has 0 bridgehead atoms. The van der Waals surface area contributed by atoms with Crippen LogP contribution in [0.5, 0.6) is 5.75 Å². The van der Waals surface area contributed by atoms with Gasteiger partial charge >= 0.3 is 0 Å². The van der Waals surface area contributed by atoms with Gasteiger partial charge in [-0.15, -0.1) is 0 Å². The van der Waals surface area contributed by atoms with Crippen molar-refractivity contribution < 1.29 is 9.84 Å². The van der Waals surface area contributed by atoms with E-state index in [1.54, 1.807) is 0 Å². The van der Waals surface area contributed by atoms with Crippen LogP contribution < -0.4 is 10.1 Å². The van der Waals surface area contributed by atoms with Crippen molar-refractivity contribution in [2.45, 2.75) is 38.3 Å². The van der Waals surface area contributed by atoms with E-state index in [0.29, 0.717) is 6.61 Å². The van der Waals surface area contributed by atoms with Crippen LogP contribution in [0.1, 0.15) is 26.2 Å². The largest absolute Gasteiger partial charge is 0.494 e. The Hall–Kier alpha value is -1.22. The Morgan fingerprint density at radius 1 is 1.31 bits per heavy atom. The lowest BCUT2D eigenvalue weighted by Gasteiger charge is -2.17. The van der Waals surface area contributed by atoms with Gasteiger partial charge in [-0.1, -0.05) is 0 Å². The second-order valence-corrected chi connectivity index (χ2v) is 4.21. The maximum absolute atomic E-state index is 9.70. The van der Waals surface area contributed by atoms with E-state index < -0.39 is 0 Å². The minimum atomic E-state index is -0.202. The average Bonchev–Trinajstić information content (AvgIpc) is 2.68. The molecule has 0 saturated heterocycles. The van der Waals surface area contributed by atoms with E-state index in [2.05, 4.69) is 5.32 Å². The molecule has 2 N–H and O–H groups in total. The second kappa shape index (κ2) is 5.21. The molecule has 1 fully saturated rings. The number of aliphatic hydroxyl groups excluding tert-OH is 1. The van der Waals surface area contributed by atoms with Crippen LogP contribution in [0.4, 0.5) is 5.69 Å². The predicted molar refractivity (Wildman–Crippen MR) is 64.9 cm³/mol. The van der Waals surface area contributed by atoms with Gasteiger partial charge in [-0.2, -0.15) is 0 Å². The van der Waals surface area contributed by atoms with Crippen molar-refractivity contribution in [2.75, 3.05) is 11.9 Å². The fraction of sp³-hybridized carbons (Fsp3) is 0.538. The molecule has 0 spiro atoms. The zero-order valence-corrected chi connectivity index (χ0v) is 9.65. The summed E-state index contributed by atoms with van der Waals surface area (Å²) in [5, 5.41) is 13.1. The predicted octanol–water partition coefficient (Wildman–Crippen LogP) is 2.41. The van der Waals surface area contributed by atoms with Crippen LogP contribution in [0.3, 0.4) is 0 Å². The van der Waals surface area contributed by atoms with E-state index in [4.69, 9.17) is 4.74 Å². The van der Waals surface area contributed by atoms with Gasteiger partial charge < -0.3 is 15.2 Å². The van der Waals surface area contributed by atoms with Crippen LogP contribution >= 0.6 is 0 Å². The first-order chi connectivity index (χ1) is 7.79. The Kier molecular flexibility index (Phi) is 3.67. The van der Waals surface area contributed by atoms with Gasteiger partial charge in [0.2, 0.25) is 0 Å². The molecule has 3 heteroatoms. The Morgan fingerprint density at radius 3 is 2.62 bits per heavy atom. The Bertz CT molecular complexity index is 323. The van der Waals surface area contributed by atoms with Crippen molar-refractivity contribution in [3.8, 4) is 5.75 Å². The number of hydrogen-bond acceptors (Lipinski definition) is 3. The summed E-state index contributed by atoms with van der Waals surface area (Å²) in [4.78, 5) is 0. The molecule has 0 amide bonds. The van der Waals surface area contributed by atoms with E-state index in [1.165, 1.54) is 0 Å². The quantitative estimate of drug-likeness (QED) is 0.820. The number of hydrogen-bond donors (Lipinski definition) is 2. The summed E-state index contributed by atoms with van der Waals surface area (Å²) >= 11 is 0. The first kappa shape index (κ1) is 11.3. The minimum absolute atomic E-state index is 0.202. The van der Waals surface area contributed by atoms with Crippen molar-refractivity contribution in [3.63, 3.8) is 0 Å². The summed E-state index contributed by atoms with van der Waals surface area (Å²) in [5.74, 6) is 0.889. The standard InChI is InChI=1S/C13H19NO2/c1-2-16-11-8-6-10(7-9-11)14-12-4-3-5-13(12)15/h6-9,12-15H,2-5H2,1H3. The lowest BCUT2D eigenvalue weighted by atomic mass is 10.2. The molecule has 2 unspecified atom stereocenters. The molecular weight excluding hydrogens is 202 g/mol. The van der Waals surface area contributed by atoms with Crippen molar-refractivity contribution in [1.82, 2.24) is 0 Å². The Labute approximate surface area is 96.4 Å². The lowest BCUT2D eigenvalue weighted by Crippen LogP contribution is -2.27. The van der Waals surface area contributed by atoms with Gasteiger partial charge in [0, 0.05) is 5.69 Å². The molecule has 1 aliphatic carbocycles. The summed E-state index contributed by atoms with van der Waals surface area (Å²) in [7, 11) is 0. The zero-order chi connectivity index (χ0) is 11.4. The molecule has 2 rings (SSSR count). The zero-order valence-electron chi connectivity index (χ0n) is 9.65. The first-order valence-corrected chi connectivity index (χ1v) is 5.97. The number of rotatable bonds is 4. The third-order valence-corrected chi connectivity index (χ3v) is 3.00. The molecule has 0 radical (unpaired) electrons. The highest BCUT2D eigenvalue weighted by Gasteiger charge is 2.24. The van der Waals surface area contributed by atoms with Crippen LogP contribution in [0.25, 0.3) is 0 Å². The lowest BCUT2D eigenvalue weighted by molar-refractivity contribution is 0.172. The van der Waals surface area contributed by atoms with Gasteiger partial charge in [0.25, 0.3) is 0 Å². The van der Waals surface area contributed by atoms with E-state index >= 15 is 0 Å². The number of nitrogens with one attached hydrogen (secondary N) is 1. The molecule has 1 aliphatic rings. The number of benzene rings is 1. The van der Waals surface area contributed by atoms with Gasteiger partial charge in [-0.05, 0) is 50.5 Å². The van der Waals surface area contributed by atoms with Crippen molar-refractivity contribution in [1.29, 1.82) is 0 Å². The molecule has 16 heavy (non-hydrogen) atoms. The summed E-state index contributed by atoms with van der Waals surface area (Å²) in [6, 6.07) is 8.10. The van der Waals surface area contributed by atoms with Gasteiger partial charge in [-0.3, -0.25) is 0 Å². The van der Waals surface area contributed by atoms with Crippen molar-refractivity contribution in [2.24, 2.45) is 0 Å². The highest BCUT2D eigenvalue weighted by atomic mass is 16.5. The molecule has 3 nitrogen and oxygen atoms in total. The van der Waals surface area contributed by atoms with Gasteiger partial charge in [0.15, 0.2) is 0 Å². The number of anilines is 1. The summed E-state index contributed by atoms with van der Waals surface area (Å²) in [6.07, 6.45) is 2.87. The van der Waals surface area contributed by atoms with Crippen LogP contribution in [0, 0.1) is 0 Å². The monoisotopic (exact) mass is 221 g/mol. The first-order valence-electron chi connectivity index (χ1n) is 5.97. The van der Waals surface area contributed by atoms with Crippen molar-refractivity contribution in [3.05, 3.63) is 24.3 Å². The molecule has 0 heterocycles. The molecule has 1 saturated carbocycles. The summed E-state index contributed by atoms with van der Waals surface area (Å²) in [5.41, 5.74) is 1.05. The molecule has 1 aromatic rings. The highest BCUT2D eigenvalue weighted by Crippen LogP contribution is 2.24. The smallest absolute Gasteiger partial charge is 0.119 e. The molecule has 2 atom stereocenters. The maximum Gasteiger partial charge on any atom is 0.119 e. The van der Waals surface area contributed by atoms with Gasteiger partial charge in [-0.25, -0.2) is 0 Å². The SMILES string of the molecule is CCOc1ccc(NC2CCCC2O)cc1. The second-order valence-electron chi connectivity index (χ2n) is 4.21. The normalized spacial score (nSPS) is 24.4. The molecule has 0 aliphatic heterocycles. The van der Waals surface area contributed by atoms with Gasteiger partial charge in [0.1, 0.15) is 5.75 Å². The van der Waals surface area contributed by atoms with E-state index in [1.807, 2.05) is 31.2 Å². The van der Waals surface area contributed by atoms with Crippen molar-refractivity contribution >= 4 is 5.69 Å². The average molecular weight is 221 g/mol. The third kappa shape index (κ3) is 2.67. The fourth-order valence-electron chi connectivity index (χ4n) is 2.14. The molecule has 0 aromatic heterocycles. The van der Waals surface area contributed by atoms with E-state index in [-0.39, 0.29) is 12.1 Å². The summed E-state index contributed by atoms with van der Waals surface area (Å²) in [6.45, 7) is 2.66. The fourth-order valence-corrected chi connectivity index (χ4v) is 2.14. The van der Waals surface area contributed by atoms with E-state index in [9.17, 15) is 5.11 Å². The topological polar surface area (TPSA) is 41.5 Å². The molecular formula is C13H19NO2. The number of ether oxygens (including phenoxy) is 1. The van der Waals surface area contributed by atoms with E-state index in [0.717, 1.165) is 30.7 Å².